The molecule has 13 heteroatoms. The largest absolute Gasteiger partial charge is 0.476 e. The molecule has 0 aromatic carbocycles. The first-order chi connectivity index (χ1) is 17.5. The van der Waals surface area contributed by atoms with Gasteiger partial charge < -0.3 is 27.9 Å². The van der Waals surface area contributed by atoms with E-state index in [0.717, 1.165) is 12.5 Å². The standard InChI is InChI=1S/C19H9N5O8.2C2H6/c25-18(26)12-6-31-16(23-12)10-4-29-14(21-10)8-2-1-3-9(20-8)15-22-11(5-30-15)17-24-13(7-32-17)19(27)28;2*1-2/h1-7H,(H,25,26)(H,27,28);2*1-2H3. The van der Waals surface area contributed by atoms with Crippen LogP contribution in [-0.2, 0) is 0 Å². The van der Waals surface area contributed by atoms with E-state index in [0.29, 0.717) is 11.4 Å². The van der Waals surface area contributed by atoms with Gasteiger partial charge in [0.1, 0.15) is 36.4 Å². The molecule has 0 atom stereocenters. The van der Waals surface area contributed by atoms with E-state index in [9.17, 15) is 9.59 Å². The Bertz CT molecular complexity index is 1360. The number of hydrogen-bond acceptors (Lipinski definition) is 11. The van der Waals surface area contributed by atoms with Crippen LogP contribution < -0.4 is 0 Å². The van der Waals surface area contributed by atoms with Gasteiger partial charge in [0.25, 0.3) is 0 Å². The number of aromatic nitrogens is 5. The van der Waals surface area contributed by atoms with E-state index in [1.165, 1.54) is 12.5 Å². The maximum Gasteiger partial charge on any atom is 0.357 e. The van der Waals surface area contributed by atoms with Crippen LogP contribution in [0.1, 0.15) is 48.7 Å². The number of oxazole rings is 4. The molecule has 5 aromatic heterocycles. The molecule has 0 aliphatic heterocycles. The lowest BCUT2D eigenvalue weighted by atomic mass is 10.3. The predicted molar refractivity (Wildman–Crippen MR) is 123 cm³/mol. The second-order valence-corrected chi connectivity index (χ2v) is 6.17. The average molecular weight is 495 g/mol. The van der Waals surface area contributed by atoms with Crippen molar-refractivity contribution in [1.29, 1.82) is 0 Å². The van der Waals surface area contributed by atoms with Crippen molar-refractivity contribution in [1.82, 2.24) is 24.9 Å². The quantitative estimate of drug-likeness (QED) is 0.314. The first kappa shape index (κ1) is 25.6. The lowest BCUT2D eigenvalue weighted by Crippen LogP contribution is -1.95. The Morgan fingerprint density at radius 1 is 0.556 bits per heavy atom. The smallest absolute Gasteiger partial charge is 0.357 e. The summed E-state index contributed by atoms with van der Waals surface area (Å²) in [4.78, 5) is 42.3. The van der Waals surface area contributed by atoms with Crippen LogP contribution >= 0.6 is 0 Å². The molecule has 0 fully saturated rings. The van der Waals surface area contributed by atoms with E-state index in [2.05, 4.69) is 24.9 Å². The number of aromatic carboxylic acids is 2. The molecule has 0 bridgehead atoms. The van der Waals surface area contributed by atoms with E-state index < -0.39 is 11.9 Å². The number of rotatable bonds is 6. The summed E-state index contributed by atoms with van der Waals surface area (Å²) in [5, 5.41) is 17.9. The van der Waals surface area contributed by atoms with Gasteiger partial charge in [-0.15, -0.1) is 0 Å². The SMILES string of the molecule is CC.CC.O=C(O)c1coc(-c2coc(-c3cccc(-c4nc(-c5nc(C(=O)O)co5)co4)n3)n2)n1. The van der Waals surface area contributed by atoms with Crippen LogP contribution in [-0.4, -0.2) is 47.1 Å². The maximum atomic E-state index is 10.9. The van der Waals surface area contributed by atoms with Crippen molar-refractivity contribution in [2.24, 2.45) is 0 Å². The van der Waals surface area contributed by atoms with Crippen LogP contribution in [0.4, 0.5) is 0 Å². The topological polar surface area (TPSA) is 192 Å². The highest BCUT2D eigenvalue weighted by Crippen LogP contribution is 2.27. The fraction of sp³-hybridized carbons (Fsp3) is 0.174. The van der Waals surface area contributed by atoms with Crippen LogP contribution in [0.25, 0.3) is 46.3 Å². The van der Waals surface area contributed by atoms with Crippen LogP contribution in [0.3, 0.4) is 0 Å². The molecule has 0 aliphatic rings. The molecule has 0 spiro atoms. The maximum absolute atomic E-state index is 10.9. The Hall–Kier alpha value is -5.07. The second kappa shape index (κ2) is 11.4. The average Bonchev–Trinajstić information content (AvgIpc) is 3.72. The summed E-state index contributed by atoms with van der Waals surface area (Å²) in [5.74, 6) is -2.24. The molecule has 0 unspecified atom stereocenters. The fourth-order valence-corrected chi connectivity index (χ4v) is 2.63. The number of carboxylic acids is 2. The molecule has 0 saturated carbocycles. The second-order valence-electron chi connectivity index (χ2n) is 6.17. The Morgan fingerprint density at radius 2 is 0.917 bits per heavy atom. The summed E-state index contributed by atoms with van der Waals surface area (Å²) in [7, 11) is 0. The minimum Gasteiger partial charge on any atom is -0.476 e. The summed E-state index contributed by atoms with van der Waals surface area (Å²) < 4.78 is 21.0. The summed E-state index contributed by atoms with van der Waals surface area (Å²) >= 11 is 0. The van der Waals surface area contributed by atoms with Crippen molar-refractivity contribution in [2.45, 2.75) is 27.7 Å². The highest BCUT2D eigenvalue weighted by atomic mass is 16.4. The van der Waals surface area contributed by atoms with Crippen LogP contribution in [0, 0.1) is 0 Å². The summed E-state index contributed by atoms with van der Waals surface area (Å²) in [6.07, 6.45) is 4.51. The van der Waals surface area contributed by atoms with Gasteiger partial charge >= 0.3 is 11.9 Å². The molecule has 5 rings (SSSR count). The first-order valence-electron chi connectivity index (χ1n) is 10.7. The molecule has 0 saturated heterocycles. The van der Waals surface area contributed by atoms with Crippen molar-refractivity contribution >= 4 is 11.9 Å². The van der Waals surface area contributed by atoms with Gasteiger partial charge in [0.15, 0.2) is 22.8 Å². The van der Waals surface area contributed by atoms with Crippen LogP contribution in [0.2, 0.25) is 0 Å². The third-order valence-corrected chi connectivity index (χ3v) is 4.08. The van der Waals surface area contributed by atoms with Crippen LogP contribution in [0.5, 0.6) is 0 Å². The molecule has 2 N–H and O–H groups in total. The third-order valence-electron chi connectivity index (χ3n) is 4.08. The number of nitrogens with zero attached hydrogens (tertiary/aromatic N) is 5. The lowest BCUT2D eigenvalue weighted by Gasteiger charge is -1.97. The summed E-state index contributed by atoms with van der Waals surface area (Å²) in [5.41, 5.74) is 0.537. The van der Waals surface area contributed by atoms with Crippen molar-refractivity contribution in [3.05, 3.63) is 54.6 Å². The third kappa shape index (κ3) is 5.35. The fourth-order valence-electron chi connectivity index (χ4n) is 2.63. The lowest BCUT2D eigenvalue weighted by molar-refractivity contribution is 0.0679. The zero-order valence-corrected chi connectivity index (χ0v) is 19.6. The summed E-state index contributed by atoms with van der Waals surface area (Å²) in [6.45, 7) is 8.00. The van der Waals surface area contributed by atoms with E-state index in [4.69, 9.17) is 27.9 Å². The molecular weight excluding hydrogens is 474 g/mol. The number of pyridine rings is 1. The molecule has 0 radical (unpaired) electrons. The number of hydrogen-bond donors (Lipinski definition) is 2. The monoisotopic (exact) mass is 495 g/mol. The predicted octanol–water partition coefficient (Wildman–Crippen LogP) is 5.15. The van der Waals surface area contributed by atoms with Gasteiger partial charge in [-0.25, -0.2) is 34.5 Å². The number of carboxylic acid groups (broad SMARTS) is 2. The normalized spacial score (nSPS) is 10.1. The van der Waals surface area contributed by atoms with E-state index >= 15 is 0 Å². The van der Waals surface area contributed by atoms with Crippen molar-refractivity contribution in [3.8, 4) is 46.3 Å². The molecule has 36 heavy (non-hydrogen) atoms. The van der Waals surface area contributed by atoms with E-state index in [-0.39, 0.29) is 46.3 Å². The van der Waals surface area contributed by atoms with Crippen molar-refractivity contribution < 1.29 is 37.5 Å². The minimum atomic E-state index is -1.23. The van der Waals surface area contributed by atoms with Crippen molar-refractivity contribution in [3.63, 3.8) is 0 Å². The Balaban J connectivity index is 0.000000861. The zero-order chi connectivity index (χ0) is 26.2. The Morgan fingerprint density at radius 3 is 1.28 bits per heavy atom. The summed E-state index contributed by atoms with van der Waals surface area (Å²) in [6, 6.07) is 4.94. The van der Waals surface area contributed by atoms with E-state index in [1.54, 1.807) is 18.2 Å². The number of carbonyl (C=O) groups is 2. The molecule has 186 valence electrons. The molecule has 5 heterocycles. The van der Waals surface area contributed by atoms with Gasteiger partial charge in [-0.3, -0.25) is 0 Å². The van der Waals surface area contributed by atoms with E-state index in [1.807, 2.05) is 27.7 Å². The van der Waals surface area contributed by atoms with Gasteiger partial charge in [0.2, 0.25) is 23.6 Å². The molecule has 13 nitrogen and oxygen atoms in total. The zero-order valence-electron chi connectivity index (χ0n) is 19.6. The van der Waals surface area contributed by atoms with Gasteiger partial charge in [-0.2, -0.15) is 0 Å². The van der Waals surface area contributed by atoms with Gasteiger partial charge in [-0.05, 0) is 12.1 Å². The Kier molecular flexibility index (Phi) is 8.07. The molecular formula is C23H21N5O8. The van der Waals surface area contributed by atoms with Crippen LogP contribution in [0.15, 0.2) is 60.9 Å². The van der Waals surface area contributed by atoms with Crippen molar-refractivity contribution in [2.75, 3.05) is 0 Å². The highest BCUT2D eigenvalue weighted by Gasteiger charge is 2.19. The molecule has 0 aliphatic carbocycles. The minimum absolute atomic E-state index is 0.0161. The molecule has 5 aromatic rings. The highest BCUT2D eigenvalue weighted by molar-refractivity contribution is 5.85. The molecule has 0 amide bonds. The van der Waals surface area contributed by atoms with Gasteiger partial charge in [0, 0.05) is 0 Å². The first-order valence-corrected chi connectivity index (χ1v) is 10.7. The van der Waals surface area contributed by atoms with Gasteiger partial charge in [0.05, 0.1) is 0 Å². The Labute approximate surface area is 203 Å². The van der Waals surface area contributed by atoms with Gasteiger partial charge in [-0.1, -0.05) is 33.8 Å².